The molecule has 1 aromatic rings. The molecule has 2 heterocycles. The second-order valence-corrected chi connectivity index (χ2v) is 3.97. The zero-order valence-corrected chi connectivity index (χ0v) is 9.52. The van der Waals surface area contributed by atoms with Crippen LogP contribution in [0, 0.1) is 6.92 Å². The number of carbonyl (C=O) groups excluding carboxylic acids is 3. The van der Waals surface area contributed by atoms with Gasteiger partial charge in [0.25, 0.3) is 5.91 Å². The number of hydrogen-bond acceptors (Lipinski definition) is 4. The van der Waals surface area contributed by atoms with Gasteiger partial charge in [0.1, 0.15) is 24.6 Å². The summed E-state index contributed by atoms with van der Waals surface area (Å²) >= 11 is 0. The monoisotopic (exact) mass is 236 g/mol. The lowest BCUT2D eigenvalue weighted by molar-refractivity contribution is -0.138. The minimum Gasteiger partial charge on any atom is -0.469 e. The molecule has 17 heavy (non-hydrogen) atoms. The van der Waals surface area contributed by atoms with Crippen molar-refractivity contribution in [2.75, 3.05) is 6.54 Å². The number of amides is 3. The van der Waals surface area contributed by atoms with Crippen molar-refractivity contribution in [1.29, 1.82) is 0 Å². The second kappa shape index (κ2) is 4.04. The standard InChI is InChI=1S/C11H12N2O4/c1-6-3-8(5-17-6)11(16)13-4-9(14)12-10(15)7(13)2/h3,5,7H,4H2,1-2H3,(H,12,14,15). The zero-order chi connectivity index (χ0) is 12.6. The summed E-state index contributed by atoms with van der Waals surface area (Å²) in [7, 11) is 0. The molecule has 1 aliphatic rings. The van der Waals surface area contributed by atoms with E-state index in [1.165, 1.54) is 11.2 Å². The predicted molar refractivity (Wildman–Crippen MR) is 57.1 cm³/mol. The molecule has 1 aliphatic heterocycles. The van der Waals surface area contributed by atoms with Crippen LogP contribution in [0.3, 0.4) is 0 Å². The molecule has 0 aliphatic carbocycles. The number of hydrogen-bond donors (Lipinski definition) is 1. The van der Waals surface area contributed by atoms with E-state index >= 15 is 0 Å². The predicted octanol–water partition coefficient (Wildman–Crippen LogP) is 0.0751. The van der Waals surface area contributed by atoms with Gasteiger partial charge in [0.2, 0.25) is 11.8 Å². The fourth-order valence-corrected chi connectivity index (χ4v) is 1.68. The third-order valence-electron chi connectivity index (χ3n) is 2.66. The van der Waals surface area contributed by atoms with Crippen LogP contribution in [0.5, 0.6) is 0 Å². The Bertz CT molecular complexity index is 491. The molecule has 0 spiro atoms. The number of piperazine rings is 1. The van der Waals surface area contributed by atoms with Crippen LogP contribution in [0.1, 0.15) is 23.0 Å². The van der Waals surface area contributed by atoms with Crippen molar-refractivity contribution in [3.05, 3.63) is 23.7 Å². The first-order chi connectivity index (χ1) is 7.99. The highest BCUT2D eigenvalue weighted by atomic mass is 16.3. The highest BCUT2D eigenvalue weighted by Gasteiger charge is 2.34. The minimum absolute atomic E-state index is 0.115. The number of rotatable bonds is 1. The maximum absolute atomic E-state index is 12.0. The highest BCUT2D eigenvalue weighted by Crippen LogP contribution is 2.13. The van der Waals surface area contributed by atoms with Gasteiger partial charge in [-0.1, -0.05) is 0 Å². The SMILES string of the molecule is Cc1cc(C(=O)N2CC(=O)NC(=O)C2C)co1. The normalized spacial score (nSPS) is 20.4. The topological polar surface area (TPSA) is 79.6 Å². The Morgan fingerprint density at radius 3 is 2.82 bits per heavy atom. The zero-order valence-electron chi connectivity index (χ0n) is 9.52. The quantitative estimate of drug-likeness (QED) is 0.700. The van der Waals surface area contributed by atoms with Gasteiger partial charge in [0.15, 0.2) is 0 Å². The summed E-state index contributed by atoms with van der Waals surface area (Å²) in [6, 6.07) is 0.918. The number of nitrogens with one attached hydrogen (secondary N) is 1. The smallest absolute Gasteiger partial charge is 0.258 e. The van der Waals surface area contributed by atoms with Crippen molar-refractivity contribution in [2.24, 2.45) is 0 Å². The van der Waals surface area contributed by atoms with E-state index in [0.717, 1.165) is 0 Å². The Kier molecular flexibility index (Phi) is 2.71. The summed E-state index contributed by atoms with van der Waals surface area (Å²) in [6.45, 7) is 3.18. The van der Waals surface area contributed by atoms with E-state index < -0.39 is 17.9 Å². The highest BCUT2D eigenvalue weighted by molar-refractivity contribution is 6.06. The fraction of sp³-hybridized carbons (Fsp3) is 0.364. The van der Waals surface area contributed by atoms with Crippen molar-refractivity contribution in [2.45, 2.75) is 19.9 Å². The molecule has 1 aromatic heterocycles. The molecule has 2 rings (SSSR count). The third-order valence-corrected chi connectivity index (χ3v) is 2.66. The first kappa shape index (κ1) is 11.4. The number of carbonyl (C=O) groups is 3. The summed E-state index contributed by atoms with van der Waals surface area (Å²) in [4.78, 5) is 35.9. The number of furan rings is 1. The number of nitrogens with zero attached hydrogens (tertiary/aromatic N) is 1. The Labute approximate surface area is 97.6 Å². The van der Waals surface area contributed by atoms with Gasteiger partial charge < -0.3 is 9.32 Å². The van der Waals surface area contributed by atoms with E-state index in [-0.39, 0.29) is 12.5 Å². The molecule has 1 saturated heterocycles. The van der Waals surface area contributed by atoms with Gasteiger partial charge in [-0.25, -0.2) is 0 Å². The molecule has 0 saturated carbocycles. The van der Waals surface area contributed by atoms with Gasteiger partial charge >= 0.3 is 0 Å². The van der Waals surface area contributed by atoms with E-state index in [1.54, 1.807) is 19.9 Å². The van der Waals surface area contributed by atoms with E-state index in [2.05, 4.69) is 5.32 Å². The molecular weight excluding hydrogens is 224 g/mol. The maximum atomic E-state index is 12.0. The summed E-state index contributed by atoms with van der Waals surface area (Å²) in [5.41, 5.74) is 0.344. The average molecular weight is 236 g/mol. The third kappa shape index (κ3) is 2.06. The lowest BCUT2D eigenvalue weighted by Crippen LogP contribution is -2.58. The van der Waals surface area contributed by atoms with E-state index in [9.17, 15) is 14.4 Å². The molecule has 6 heteroatoms. The van der Waals surface area contributed by atoms with Gasteiger partial charge in [0, 0.05) is 0 Å². The van der Waals surface area contributed by atoms with E-state index in [0.29, 0.717) is 11.3 Å². The Hall–Kier alpha value is -2.11. The molecule has 1 atom stereocenters. The van der Waals surface area contributed by atoms with Crippen LogP contribution >= 0.6 is 0 Å². The van der Waals surface area contributed by atoms with Gasteiger partial charge in [-0.3, -0.25) is 19.7 Å². The van der Waals surface area contributed by atoms with Crippen LogP contribution in [0.2, 0.25) is 0 Å². The summed E-state index contributed by atoms with van der Waals surface area (Å²) < 4.78 is 5.03. The van der Waals surface area contributed by atoms with Crippen molar-refractivity contribution < 1.29 is 18.8 Å². The second-order valence-electron chi connectivity index (χ2n) is 3.97. The van der Waals surface area contributed by atoms with Crippen molar-refractivity contribution >= 4 is 17.7 Å². The molecule has 6 nitrogen and oxygen atoms in total. The molecule has 3 amide bonds. The number of aryl methyl sites for hydroxylation is 1. The van der Waals surface area contributed by atoms with Crippen LogP contribution < -0.4 is 5.32 Å². The van der Waals surface area contributed by atoms with Crippen LogP contribution in [0.4, 0.5) is 0 Å². The van der Waals surface area contributed by atoms with Crippen LogP contribution in [0.25, 0.3) is 0 Å². The largest absolute Gasteiger partial charge is 0.469 e. The molecule has 1 fully saturated rings. The maximum Gasteiger partial charge on any atom is 0.258 e. The van der Waals surface area contributed by atoms with Crippen molar-refractivity contribution in [3.8, 4) is 0 Å². The van der Waals surface area contributed by atoms with Crippen LogP contribution in [-0.4, -0.2) is 35.2 Å². The minimum atomic E-state index is -0.657. The van der Waals surface area contributed by atoms with E-state index in [4.69, 9.17) is 4.42 Å². The first-order valence-corrected chi connectivity index (χ1v) is 5.19. The average Bonchev–Trinajstić information content (AvgIpc) is 2.69. The van der Waals surface area contributed by atoms with Crippen LogP contribution in [-0.2, 0) is 9.59 Å². The fourth-order valence-electron chi connectivity index (χ4n) is 1.68. The summed E-state index contributed by atoms with van der Waals surface area (Å²) in [5.74, 6) is -0.706. The Balaban J connectivity index is 2.24. The molecular formula is C11H12N2O4. The lowest BCUT2D eigenvalue weighted by atomic mass is 10.1. The Morgan fingerprint density at radius 2 is 2.24 bits per heavy atom. The molecule has 0 aromatic carbocycles. The summed E-state index contributed by atoms with van der Waals surface area (Å²) in [5, 5.41) is 2.18. The van der Waals surface area contributed by atoms with Crippen LogP contribution in [0.15, 0.2) is 16.7 Å². The lowest BCUT2D eigenvalue weighted by Gasteiger charge is -2.31. The molecule has 90 valence electrons. The first-order valence-electron chi connectivity index (χ1n) is 5.19. The van der Waals surface area contributed by atoms with Crippen molar-refractivity contribution in [3.63, 3.8) is 0 Å². The molecule has 0 radical (unpaired) electrons. The Morgan fingerprint density at radius 1 is 1.53 bits per heavy atom. The van der Waals surface area contributed by atoms with Gasteiger partial charge in [-0.2, -0.15) is 0 Å². The molecule has 1 N–H and O–H groups in total. The van der Waals surface area contributed by atoms with Gasteiger partial charge in [-0.15, -0.1) is 0 Å². The molecule has 0 bridgehead atoms. The van der Waals surface area contributed by atoms with Crippen molar-refractivity contribution in [1.82, 2.24) is 10.2 Å². The molecule has 1 unspecified atom stereocenters. The van der Waals surface area contributed by atoms with Gasteiger partial charge in [-0.05, 0) is 19.9 Å². The summed E-state index contributed by atoms with van der Waals surface area (Å²) in [6.07, 6.45) is 1.32. The number of imide groups is 1. The van der Waals surface area contributed by atoms with Gasteiger partial charge in [0.05, 0.1) is 5.56 Å². The van der Waals surface area contributed by atoms with E-state index in [1.807, 2.05) is 0 Å².